The molecular weight excluding hydrogens is 563 g/mol. The molecule has 0 amide bonds. The predicted octanol–water partition coefficient (Wildman–Crippen LogP) is 4.74. The molecule has 0 aliphatic carbocycles. The van der Waals surface area contributed by atoms with Crippen molar-refractivity contribution in [3.8, 4) is 29.5 Å². The second-order valence-electron chi connectivity index (χ2n) is 12.0. The maximum Gasteiger partial charge on any atom is 0.240 e. The monoisotopic (exact) mass is 599 g/mol. The van der Waals surface area contributed by atoms with E-state index in [-0.39, 0.29) is 59.1 Å². The summed E-state index contributed by atoms with van der Waals surface area (Å²) in [7, 11) is 1.85. The van der Waals surface area contributed by atoms with Crippen LogP contribution in [0, 0.1) is 23.0 Å². The number of aromatic nitrogens is 4. The van der Waals surface area contributed by atoms with Crippen LogP contribution >= 0.6 is 0 Å². The van der Waals surface area contributed by atoms with E-state index < -0.39 is 29.3 Å². The quantitative estimate of drug-likeness (QED) is 0.369. The highest BCUT2D eigenvalue weighted by molar-refractivity contribution is 5.46. The van der Waals surface area contributed by atoms with Crippen LogP contribution < -0.4 is 14.8 Å². The fourth-order valence-electron chi connectivity index (χ4n) is 6.04. The van der Waals surface area contributed by atoms with Crippen molar-refractivity contribution < 1.29 is 27.2 Å². The lowest BCUT2D eigenvalue weighted by Gasteiger charge is -2.33. The molecule has 0 radical (unpaired) electrons. The first-order valence-electron chi connectivity index (χ1n) is 14.4. The lowest BCUT2D eigenvalue weighted by molar-refractivity contribution is 0.107. The number of hydrogen-bond donors (Lipinski definition) is 1. The number of piperidine rings is 1. The van der Waals surface area contributed by atoms with Gasteiger partial charge in [0, 0.05) is 36.7 Å². The molecule has 0 bridgehead atoms. The molecule has 2 aromatic heterocycles. The highest BCUT2D eigenvalue weighted by atomic mass is 19.1. The molecule has 2 saturated heterocycles. The molecule has 43 heavy (non-hydrogen) atoms. The summed E-state index contributed by atoms with van der Waals surface area (Å²) in [6, 6.07) is 7.33. The third kappa shape index (κ3) is 6.75. The van der Waals surface area contributed by atoms with Gasteiger partial charge in [-0.3, -0.25) is 4.90 Å². The van der Waals surface area contributed by atoms with Gasteiger partial charge >= 0.3 is 0 Å². The Morgan fingerprint density at radius 2 is 1.86 bits per heavy atom. The van der Waals surface area contributed by atoms with Gasteiger partial charge in [-0.15, -0.1) is 0 Å². The van der Waals surface area contributed by atoms with E-state index in [0.29, 0.717) is 32.2 Å². The third-order valence-corrected chi connectivity index (χ3v) is 8.13. The summed E-state index contributed by atoms with van der Waals surface area (Å²) in [6.07, 6.45) is 0.381. The molecule has 230 valence electrons. The van der Waals surface area contributed by atoms with E-state index in [2.05, 4.69) is 31.5 Å². The number of nitrogens with one attached hydrogen (secondary N) is 1. The number of benzene rings is 1. The third-order valence-electron chi connectivity index (χ3n) is 8.13. The first kappa shape index (κ1) is 30.7. The van der Waals surface area contributed by atoms with Crippen LogP contribution in [-0.4, -0.2) is 75.1 Å². The summed E-state index contributed by atoms with van der Waals surface area (Å²) in [5.41, 5.74) is -1.51. The van der Waals surface area contributed by atoms with Crippen LogP contribution in [0.3, 0.4) is 0 Å². The summed E-state index contributed by atoms with van der Waals surface area (Å²) in [6.45, 7) is 7.35. The number of likely N-dealkylation sites (N-methyl/N-ethyl adjacent to an activating group) is 1. The lowest BCUT2D eigenvalue weighted by Crippen LogP contribution is -2.47. The zero-order chi connectivity index (χ0) is 30.9. The standard InChI is InChI=1S/C30H36F3N7O3/c1-16-11-20(13-19(35-16)9-10-34)42-25-14-24(41-17(2)23-12-18(31)15-40(23)5)36-27(37-25)28-38-29(43-39-28)30(3,4)26-21(32)7-6-8-22(26)33/h6-8,14,16-20,23,35H,9,11-13,15H2,1-5H3/t16-,17+,18-,19-,20+,23+/m1/s1. The average molecular weight is 600 g/mol. The molecule has 2 aliphatic heterocycles. The number of hydrogen-bond acceptors (Lipinski definition) is 10. The van der Waals surface area contributed by atoms with Gasteiger partial charge in [0.1, 0.15) is 30.0 Å². The van der Waals surface area contributed by atoms with E-state index in [1.165, 1.54) is 18.2 Å². The van der Waals surface area contributed by atoms with Crippen LogP contribution in [0.25, 0.3) is 11.6 Å². The Kier molecular flexibility index (Phi) is 8.89. The van der Waals surface area contributed by atoms with E-state index in [4.69, 9.17) is 14.0 Å². The summed E-state index contributed by atoms with van der Waals surface area (Å²) < 4.78 is 61.3. The molecule has 4 heterocycles. The van der Waals surface area contributed by atoms with Crippen molar-refractivity contribution in [2.45, 2.75) is 95.3 Å². The zero-order valence-corrected chi connectivity index (χ0v) is 24.9. The molecule has 3 aromatic rings. The fraction of sp³-hybridized carbons (Fsp3) is 0.567. The van der Waals surface area contributed by atoms with Gasteiger partial charge in [-0.25, -0.2) is 13.2 Å². The Balaban J connectivity index is 1.46. The molecule has 2 aliphatic rings. The van der Waals surface area contributed by atoms with Gasteiger partial charge in [-0.05, 0) is 59.7 Å². The van der Waals surface area contributed by atoms with Crippen LogP contribution in [0.4, 0.5) is 13.2 Å². The van der Waals surface area contributed by atoms with Crippen molar-refractivity contribution in [1.29, 1.82) is 5.26 Å². The molecule has 0 spiro atoms. The van der Waals surface area contributed by atoms with Crippen molar-refractivity contribution in [2.75, 3.05) is 13.6 Å². The van der Waals surface area contributed by atoms with Gasteiger partial charge in [0.15, 0.2) is 0 Å². The average Bonchev–Trinajstić information content (AvgIpc) is 3.55. The van der Waals surface area contributed by atoms with Crippen LogP contribution in [-0.2, 0) is 5.41 Å². The normalized spacial score (nSPS) is 25.3. The van der Waals surface area contributed by atoms with Gasteiger partial charge in [0.2, 0.25) is 29.3 Å². The van der Waals surface area contributed by atoms with E-state index in [9.17, 15) is 18.4 Å². The summed E-state index contributed by atoms with van der Waals surface area (Å²) in [4.78, 5) is 15.4. The largest absolute Gasteiger partial charge is 0.474 e. The smallest absolute Gasteiger partial charge is 0.240 e. The van der Waals surface area contributed by atoms with Crippen molar-refractivity contribution in [3.05, 3.63) is 47.4 Å². The lowest BCUT2D eigenvalue weighted by atomic mass is 9.83. The number of nitrogens with zero attached hydrogens (tertiary/aromatic N) is 6. The van der Waals surface area contributed by atoms with Crippen LogP contribution in [0.2, 0.25) is 0 Å². The number of nitriles is 1. The van der Waals surface area contributed by atoms with Crippen molar-refractivity contribution in [2.24, 2.45) is 0 Å². The number of ether oxygens (including phenoxy) is 2. The van der Waals surface area contributed by atoms with Crippen molar-refractivity contribution in [1.82, 2.24) is 30.3 Å². The molecule has 1 N–H and O–H groups in total. The first-order chi connectivity index (χ1) is 20.4. The highest BCUT2D eigenvalue weighted by Crippen LogP contribution is 2.35. The molecule has 0 unspecified atom stereocenters. The number of rotatable bonds is 9. The Morgan fingerprint density at radius 3 is 2.53 bits per heavy atom. The maximum atomic E-state index is 14.7. The molecule has 6 atom stereocenters. The fourth-order valence-corrected chi connectivity index (χ4v) is 6.04. The Bertz CT molecular complexity index is 1460. The minimum absolute atomic E-state index is 0.0226. The SMILES string of the molecule is C[C@@H]1C[C@H](Oc2cc(O[C@@H](C)[C@@H]3C[C@@H](F)CN3C)nc(-c3noc(C(C)(C)c4c(F)cccc4F)n3)n2)C[C@@H](CC#N)N1. The van der Waals surface area contributed by atoms with E-state index in [1.54, 1.807) is 19.9 Å². The topological polar surface area (TPSA) is 122 Å². The van der Waals surface area contributed by atoms with E-state index in [1.807, 2.05) is 25.8 Å². The van der Waals surface area contributed by atoms with E-state index in [0.717, 1.165) is 0 Å². The molecule has 2 fully saturated rings. The molecule has 0 saturated carbocycles. The zero-order valence-electron chi connectivity index (χ0n) is 24.9. The Labute approximate surface area is 248 Å². The molecule has 10 nitrogen and oxygen atoms in total. The molecular formula is C30H36F3N7O3. The van der Waals surface area contributed by atoms with Gasteiger partial charge in [0.25, 0.3) is 0 Å². The van der Waals surface area contributed by atoms with Crippen LogP contribution in [0.5, 0.6) is 11.8 Å². The maximum absolute atomic E-state index is 14.7. The number of likely N-dealkylation sites (tertiary alicyclic amines) is 1. The van der Waals surface area contributed by atoms with Crippen LogP contribution in [0.15, 0.2) is 28.8 Å². The number of alkyl halides is 1. The summed E-state index contributed by atoms with van der Waals surface area (Å²) in [5, 5.41) is 16.6. The Morgan fingerprint density at radius 1 is 1.14 bits per heavy atom. The second kappa shape index (κ2) is 12.5. The minimum atomic E-state index is -1.31. The molecule has 1 aromatic carbocycles. The van der Waals surface area contributed by atoms with Crippen molar-refractivity contribution in [3.63, 3.8) is 0 Å². The number of halogens is 3. The van der Waals surface area contributed by atoms with E-state index >= 15 is 0 Å². The van der Waals surface area contributed by atoms with Crippen molar-refractivity contribution >= 4 is 0 Å². The highest BCUT2D eigenvalue weighted by Gasteiger charge is 2.37. The minimum Gasteiger partial charge on any atom is -0.474 e. The van der Waals surface area contributed by atoms with Gasteiger partial charge < -0.3 is 19.3 Å². The van der Waals surface area contributed by atoms with Gasteiger partial charge in [0.05, 0.1) is 24.0 Å². The van der Waals surface area contributed by atoms with Crippen LogP contribution in [0.1, 0.15) is 64.8 Å². The van der Waals surface area contributed by atoms with Gasteiger partial charge in [-0.2, -0.15) is 20.2 Å². The summed E-state index contributed by atoms with van der Waals surface area (Å²) in [5.74, 6) is -1.13. The summed E-state index contributed by atoms with van der Waals surface area (Å²) >= 11 is 0. The molecule has 5 rings (SSSR count). The first-order valence-corrected chi connectivity index (χ1v) is 14.4. The Hall–Kier alpha value is -3.76. The predicted molar refractivity (Wildman–Crippen MR) is 150 cm³/mol. The van der Waals surface area contributed by atoms with Gasteiger partial charge in [-0.1, -0.05) is 11.2 Å². The second-order valence-corrected chi connectivity index (χ2v) is 12.0. The molecule has 13 heteroatoms.